The monoisotopic (exact) mass is 375 g/mol. The second-order valence-corrected chi connectivity index (χ2v) is 6.58. The third-order valence-corrected chi connectivity index (χ3v) is 4.36. The Bertz CT molecular complexity index is 1110. The molecule has 0 unspecified atom stereocenters. The summed E-state index contributed by atoms with van der Waals surface area (Å²) in [6, 6.07) is 11.9. The van der Waals surface area contributed by atoms with E-state index in [2.05, 4.69) is 52.4 Å². The van der Waals surface area contributed by atoms with Crippen molar-refractivity contribution in [3.8, 4) is 22.8 Å². The van der Waals surface area contributed by atoms with Gasteiger partial charge in [0.25, 0.3) is 0 Å². The minimum absolute atomic E-state index is 0.508. The standard InChI is InChI=1S/C21H21N5O2/c1-13-7-14(2)9-16(8-13)23-21-24-20-19(22-5-6-26(20)25-21)15-10-17(27-3)12-18(11-15)28-4/h5-12H,1-4H3,(H,23,25). The molecule has 7 heteroatoms. The van der Waals surface area contributed by atoms with Crippen molar-refractivity contribution in [2.75, 3.05) is 19.5 Å². The highest BCUT2D eigenvalue weighted by molar-refractivity contribution is 5.76. The Labute approximate surface area is 163 Å². The first-order valence-corrected chi connectivity index (χ1v) is 8.86. The SMILES string of the molecule is COc1cc(OC)cc(-c2nccn3nc(Nc4cc(C)cc(C)c4)nc23)c1. The van der Waals surface area contributed by atoms with Crippen molar-refractivity contribution < 1.29 is 9.47 Å². The number of fused-ring (bicyclic) bond motifs is 1. The number of hydrogen-bond acceptors (Lipinski definition) is 6. The van der Waals surface area contributed by atoms with E-state index in [1.165, 1.54) is 11.1 Å². The van der Waals surface area contributed by atoms with Crippen LogP contribution in [0, 0.1) is 13.8 Å². The van der Waals surface area contributed by atoms with Crippen LogP contribution in [-0.2, 0) is 0 Å². The van der Waals surface area contributed by atoms with E-state index in [1.54, 1.807) is 31.1 Å². The first kappa shape index (κ1) is 17.8. The summed E-state index contributed by atoms with van der Waals surface area (Å²) >= 11 is 0. The maximum atomic E-state index is 5.37. The molecule has 0 fully saturated rings. The second-order valence-electron chi connectivity index (χ2n) is 6.58. The molecule has 2 heterocycles. The van der Waals surface area contributed by atoms with Crippen molar-refractivity contribution in [2.45, 2.75) is 13.8 Å². The number of aryl methyl sites for hydroxylation is 2. The van der Waals surface area contributed by atoms with Gasteiger partial charge in [-0.05, 0) is 49.2 Å². The first-order chi connectivity index (χ1) is 13.6. The van der Waals surface area contributed by atoms with Gasteiger partial charge in [0.2, 0.25) is 5.95 Å². The quantitative estimate of drug-likeness (QED) is 0.564. The van der Waals surface area contributed by atoms with E-state index in [0.717, 1.165) is 11.3 Å². The number of rotatable bonds is 5. The molecule has 2 aromatic carbocycles. The number of ether oxygens (including phenoxy) is 2. The summed E-state index contributed by atoms with van der Waals surface area (Å²) in [5, 5.41) is 7.81. The van der Waals surface area contributed by atoms with Crippen molar-refractivity contribution in [1.29, 1.82) is 0 Å². The highest BCUT2D eigenvalue weighted by Crippen LogP contribution is 2.30. The Morgan fingerprint density at radius 1 is 0.893 bits per heavy atom. The van der Waals surface area contributed by atoms with Gasteiger partial charge in [0.05, 0.1) is 14.2 Å². The van der Waals surface area contributed by atoms with E-state index in [-0.39, 0.29) is 0 Å². The van der Waals surface area contributed by atoms with Gasteiger partial charge >= 0.3 is 0 Å². The van der Waals surface area contributed by atoms with E-state index in [9.17, 15) is 0 Å². The van der Waals surface area contributed by atoms with Crippen LogP contribution in [0.3, 0.4) is 0 Å². The largest absolute Gasteiger partial charge is 0.497 e. The van der Waals surface area contributed by atoms with Crippen LogP contribution in [0.1, 0.15) is 11.1 Å². The molecule has 0 aliphatic heterocycles. The van der Waals surface area contributed by atoms with Crippen molar-refractivity contribution in [3.63, 3.8) is 0 Å². The fourth-order valence-corrected chi connectivity index (χ4v) is 3.19. The summed E-state index contributed by atoms with van der Waals surface area (Å²) in [6.07, 6.45) is 3.47. The minimum Gasteiger partial charge on any atom is -0.497 e. The lowest BCUT2D eigenvalue weighted by atomic mass is 10.1. The Morgan fingerprint density at radius 2 is 1.57 bits per heavy atom. The first-order valence-electron chi connectivity index (χ1n) is 8.86. The summed E-state index contributed by atoms with van der Waals surface area (Å²) in [6.45, 7) is 4.13. The van der Waals surface area contributed by atoms with Crippen LogP contribution >= 0.6 is 0 Å². The molecule has 0 aliphatic rings. The molecule has 0 atom stereocenters. The van der Waals surface area contributed by atoms with Gasteiger partial charge in [0.15, 0.2) is 5.65 Å². The fourth-order valence-electron chi connectivity index (χ4n) is 3.19. The molecular weight excluding hydrogens is 354 g/mol. The normalized spacial score (nSPS) is 10.9. The molecule has 142 valence electrons. The van der Waals surface area contributed by atoms with Gasteiger partial charge in [-0.2, -0.15) is 4.98 Å². The van der Waals surface area contributed by atoms with Crippen LogP contribution in [0.5, 0.6) is 11.5 Å². The smallest absolute Gasteiger partial charge is 0.247 e. The van der Waals surface area contributed by atoms with Crippen LogP contribution in [-0.4, -0.2) is 33.8 Å². The summed E-state index contributed by atoms with van der Waals surface area (Å²) in [5.41, 5.74) is 5.48. The molecule has 28 heavy (non-hydrogen) atoms. The number of hydrogen-bond donors (Lipinski definition) is 1. The molecule has 1 N–H and O–H groups in total. The van der Waals surface area contributed by atoms with Crippen molar-refractivity contribution in [1.82, 2.24) is 19.6 Å². The molecule has 0 aliphatic carbocycles. The zero-order valence-corrected chi connectivity index (χ0v) is 16.2. The predicted octanol–water partition coefficient (Wildman–Crippen LogP) is 4.17. The zero-order chi connectivity index (χ0) is 19.7. The number of benzene rings is 2. The molecule has 0 amide bonds. The van der Waals surface area contributed by atoms with E-state index in [0.29, 0.717) is 28.8 Å². The molecule has 0 bridgehead atoms. The molecule has 4 aromatic rings. The number of nitrogens with zero attached hydrogens (tertiary/aromatic N) is 4. The van der Waals surface area contributed by atoms with Gasteiger partial charge in [0, 0.05) is 29.7 Å². The summed E-state index contributed by atoms with van der Waals surface area (Å²) in [7, 11) is 3.24. The minimum atomic E-state index is 0.508. The molecule has 2 aromatic heterocycles. The zero-order valence-electron chi connectivity index (χ0n) is 16.2. The van der Waals surface area contributed by atoms with Crippen molar-refractivity contribution >= 4 is 17.3 Å². The molecule has 0 saturated carbocycles. The van der Waals surface area contributed by atoms with E-state index in [4.69, 9.17) is 9.47 Å². The maximum Gasteiger partial charge on any atom is 0.247 e. The van der Waals surface area contributed by atoms with Gasteiger partial charge in [-0.3, -0.25) is 4.98 Å². The Hall–Kier alpha value is -3.61. The maximum absolute atomic E-state index is 5.37. The molecular formula is C21H21N5O2. The van der Waals surface area contributed by atoms with Crippen LogP contribution in [0.25, 0.3) is 16.9 Å². The Kier molecular flexibility index (Phi) is 4.57. The van der Waals surface area contributed by atoms with Crippen LogP contribution in [0.2, 0.25) is 0 Å². The number of aromatic nitrogens is 4. The number of nitrogens with one attached hydrogen (secondary N) is 1. The summed E-state index contributed by atoms with van der Waals surface area (Å²) in [4.78, 5) is 9.17. The topological polar surface area (TPSA) is 73.6 Å². The summed E-state index contributed by atoms with van der Waals surface area (Å²) < 4.78 is 12.5. The van der Waals surface area contributed by atoms with Gasteiger partial charge in [0.1, 0.15) is 17.2 Å². The number of methoxy groups -OCH3 is 2. The Balaban J connectivity index is 1.77. The van der Waals surface area contributed by atoms with E-state index < -0.39 is 0 Å². The van der Waals surface area contributed by atoms with Gasteiger partial charge < -0.3 is 14.8 Å². The van der Waals surface area contributed by atoms with Crippen LogP contribution < -0.4 is 14.8 Å². The molecule has 0 radical (unpaired) electrons. The van der Waals surface area contributed by atoms with Gasteiger partial charge in [-0.1, -0.05) is 6.07 Å². The average Bonchev–Trinajstić information content (AvgIpc) is 3.08. The number of anilines is 2. The third kappa shape index (κ3) is 3.46. The second kappa shape index (κ2) is 7.19. The molecule has 4 rings (SSSR count). The lowest BCUT2D eigenvalue weighted by molar-refractivity contribution is 0.394. The molecule has 0 saturated heterocycles. The average molecular weight is 375 g/mol. The van der Waals surface area contributed by atoms with Crippen molar-refractivity contribution in [3.05, 3.63) is 59.9 Å². The van der Waals surface area contributed by atoms with Crippen molar-refractivity contribution in [2.24, 2.45) is 0 Å². The third-order valence-electron chi connectivity index (χ3n) is 4.36. The van der Waals surface area contributed by atoms with Crippen LogP contribution in [0.15, 0.2) is 48.8 Å². The molecule has 7 nitrogen and oxygen atoms in total. The Morgan fingerprint density at radius 3 is 2.21 bits per heavy atom. The molecule has 0 spiro atoms. The fraction of sp³-hybridized carbons (Fsp3) is 0.190. The highest BCUT2D eigenvalue weighted by atomic mass is 16.5. The van der Waals surface area contributed by atoms with Crippen LogP contribution in [0.4, 0.5) is 11.6 Å². The van der Waals surface area contributed by atoms with Gasteiger partial charge in [-0.25, -0.2) is 4.52 Å². The van der Waals surface area contributed by atoms with E-state index >= 15 is 0 Å². The van der Waals surface area contributed by atoms with Gasteiger partial charge in [-0.15, -0.1) is 5.10 Å². The predicted molar refractivity (Wildman–Crippen MR) is 109 cm³/mol. The van der Waals surface area contributed by atoms with E-state index in [1.807, 2.05) is 18.2 Å². The highest BCUT2D eigenvalue weighted by Gasteiger charge is 2.13. The summed E-state index contributed by atoms with van der Waals surface area (Å²) in [5.74, 6) is 1.88. The lowest BCUT2D eigenvalue weighted by Gasteiger charge is -2.08. The lowest BCUT2D eigenvalue weighted by Crippen LogP contribution is -1.95.